The molecule has 0 aliphatic carbocycles. The van der Waals surface area contributed by atoms with Crippen LogP contribution in [-0.2, 0) is 4.79 Å². The second kappa shape index (κ2) is 5.59. The summed E-state index contributed by atoms with van der Waals surface area (Å²) in [4.78, 5) is 12.0. The van der Waals surface area contributed by atoms with Crippen molar-refractivity contribution in [2.75, 3.05) is 12.4 Å². The molecule has 1 aromatic carbocycles. The van der Waals surface area contributed by atoms with Crippen LogP contribution in [0, 0.1) is 5.41 Å². The second-order valence-corrected chi connectivity index (χ2v) is 5.61. The molecule has 0 aromatic heterocycles. The number of carbonyl (C=O) groups excluding carboxylic acids is 1. The molecule has 0 fully saturated rings. The lowest BCUT2D eigenvalue weighted by atomic mass is 9.87. The van der Waals surface area contributed by atoms with Gasteiger partial charge < -0.3 is 15.8 Å². The molecule has 1 unspecified atom stereocenters. The number of rotatable bonds is 3. The number of hydrogen-bond donors (Lipinski definition) is 2. The van der Waals surface area contributed by atoms with Gasteiger partial charge in [-0.05, 0) is 23.6 Å². The number of methoxy groups -OCH3 is 1. The number of nitrogens with one attached hydrogen (secondary N) is 1. The van der Waals surface area contributed by atoms with E-state index in [1.807, 2.05) is 20.8 Å². The molecule has 18 heavy (non-hydrogen) atoms. The molecule has 4 nitrogen and oxygen atoms in total. The van der Waals surface area contributed by atoms with E-state index in [4.69, 9.17) is 22.1 Å². The molecular formula is C13H19ClN2O2. The average Bonchev–Trinajstić information content (AvgIpc) is 2.27. The Bertz CT molecular complexity index is 441. The van der Waals surface area contributed by atoms with Gasteiger partial charge in [0, 0.05) is 5.02 Å². The standard InChI is InChI=1S/C13H19ClN2O2/c1-13(2,3)11(15)12(17)16-9-7-8(14)5-6-10(9)18-4/h5-7,11H,15H2,1-4H3,(H,16,17). The van der Waals surface area contributed by atoms with Crippen LogP contribution in [0.15, 0.2) is 18.2 Å². The fourth-order valence-electron chi connectivity index (χ4n) is 1.38. The van der Waals surface area contributed by atoms with Gasteiger partial charge in [0.1, 0.15) is 5.75 Å². The highest BCUT2D eigenvalue weighted by molar-refractivity contribution is 6.31. The first-order chi connectivity index (χ1) is 8.25. The summed E-state index contributed by atoms with van der Waals surface area (Å²) < 4.78 is 5.15. The maximum absolute atomic E-state index is 12.0. The third kappa shape index (κ3) is 3.62. The van der Waals surface area contributed by atoms with Crippen molar-refractivity contribution in [3.63, 3.8) is 0 Å². The van der Waals surface area contributed by atoms with Crippen molar-refractivity contribution in [1.82, 2.24) is 0 Å². The largest absolute Gasteiger partial charge is 0.495 e. The van der Waals surface area contributed by atoms with Crippen LogP contribution in [-0.4, -0.2) is 19.1 Å². The maximum atomic E-state index is 12.0. The topological polar surface area (TPSA) is 64.3 Å². The molecule has 1 rings (SSSR count). The summed E-state index contributed by atoms with van der Waals surface area (Å²) in [5.74, 6) is 0.289. The Morgan fingerprint density at radius 1 is 1.44 bits per heavy atom. The molecule has 0 saturated carbocycles. The van der Waals surface area contributed by atoms with E-state index in [1.165, 1.54) is 7.11 Å². The van der Waals surface area contributed by atoms with Gasteiger partial charge in [-0.15, -0.1) is 0 Å². The van der Waals surface area contributed by atoms with Crippen LogP contribution in [0.1, 0.15) is 20.8 Å². The highest BCUT2D eigenvalue weighted by Gasteiger charge is 2.27. The van der Waals surface area contributed by atoms with E-state index in [0.717, 1.165) is 0 Å². The summed E-state index contributed by atoms with van der Waals surface area (Å²) >= 11 is 5.89. The second-order valence-electron chi connectivity index (χ2n) is 5.18. The van der Waals surface area contributed by atoms with Gasteiger partial charge in [0.15, 0.2) is 0 Å². The van der Waals surface area contributed by atoms with Crippen molar-refractivity contribution in [2.45, 2.75) is 26.8 Å². The molecule has 0 heterocycles. The molecule has 0 spiro atoms. The van der Waals surface area contributed by atoms with Gasteiger partial charge in [-0.25, -0.2) is 0 Å². The highest BCUT2D eigenvalue weighted by atomic mass is 35.5. The van der Waals surface area contributed by atoms with Crippen molar-refractivity contribution >= 4 is 23.2 Å². The normalized spacial score (nSPS) is 13.0. The smallest absolute Gasteiger partial charge is 0.241 e. The van der Waals surface area contributed by atoms with Crippen LogP contribution in [0.4, 0.5) is 5.69 Å². The van der Waals surface area contributed by atoms with Crippen LogP contribution in [0.3, 0.4) is 0 Å². The van der Waals surface area contributed by atoms with E-state index < -0.39 is 6.04 Å². The Kier molecular flexibility index (Phi) is 4.59. The van der Waals surface area contributed by atoms with Crippen molar-refractivity contribution in [2.24, 2.45) is 11.1 Å². The minimum atomic E-state index is -0.610. The van der Waals surface area contributed by atoms with E-state index in [0.29, 0.717) is 16.5 Å². The van der Waals surface area contributed by atoms with Gasteiger partial charge in [0.2, 0.25) is 5.91 Å². The molecular weight excluding hydrogens is 252 g/mol. The summed E-state index contributed by atoms with van der Waals surface area (Å²) in [6.07, 6.45) is 0. The number of benzene rings is 1. The minimum Gasteiger partial charge on any atom is -0.495 e. The van der Waals surface area contributed by atoms with E-state index in [2.05, 4.69) is 5.32 Å². The molecule has 0 radical (unpaired) electrons. The van der Waals surface area contributed by atoms with Gasteiger partial charge in [-0.2, -0.15) is 0 Å². The number of nitrogens with two attached hydrogens (primary N) is 1. The zero-order chi connectivity index (χ0) is 13.9. The predicted molar refractivity (Wildman–Crippen MR) is 74.1 cm³/mol. The van der Waals surface area contributed by atoms with Crippen molar-refractivity contribution < 1.29 is 9.53 Å². The molecule has 3 N–H and O–H groups in total. The van der Waals surface area contributed by atoms with Gasteiger partial charge in [0.25, 0.3) is 0 Å². The number of halogens is 1. The van der Waals surface area contributed by atoms with Crippen molar-refractivity contribution in [1.29, 1.82) is 0 Å². The molecule has 0 bridgehead atoms. The van der Waals surface area contributed by atoms with Crippen LogP contribution < -0.4 is 15.8 Å². The molecule has 0 saturated heterocycles. The predicted octanol–water partition coefficient (Wildman–Crippen LogP) is 2.66. The fraction of sp³-hybridized carbons (Fsp3) is 0.462. The average molecular weight is 271 g/mol. The fourth-order valence-corrected chi connectivity index (χ4v) is 1.55. The SMILES string of the molecule is COc1ccc(Cl)cc1NC(=O)C(N)C(C)(C)C. The molecule has 1 amide bonds. The molecule has 0 aliphatic rings. The third-order valence-corrected chi connectivity index (χ3v) is 2.87. The monoisotopic (exact) mass is 270 g/mol. The third-order valence-electron chi connectivity index (χ3n) is 2.63. The zero-order valence-electron chi connectivity index (χ0n) is 11.1. The van der Waals surface area contributed by atoms with E-state index in [-0.39, 0.29) is 11.3 Å². The summed E-state index contributed by atoms with van der Waals surface area (Å²) in [7, 11) is 1.53. The Labute approximate surface area is 112 Å². The first kappa shape index (κ1) is 14.8. The van der Waals surface area contributed by atoms with Crippen LogP contribution in [0.5, 0.6) is 5.75 Å². The number of carbonyl (C=O) groups is 1. The first-order valence-electron chi connectivity index (χ1n) is 5.65. The molecule has 5 heteroatoms. The van der Waals surface area contributed by atoms with Crippen molar-refractivity contribution in [3.05, 3.63) is 23.2 Å². The van der Waals surface area contributed by atoms with Crippen molar-refractivity contribution in [3.8, 4) is 5.75 Å². The maximum Gasteiger partial charge on any atom is 0.241 e. The lowest BCUT2D eigenvalue weighted by Crippen LogP contribution is -2.45. The van der Waals surface area contributed by atoms with Gasteiger partial charge in [-0.3, -0.25) is 4.79 Å². The van der Waals surface area contributed by atoms with Crippen LogP contribution >= 0.6 is 11.6 Å². The Balaban J connectivity index is 2.91. The molecule has 0 aliphatic heterocycles. The lowest BCUT2D eigenvalue weighted by Gasteiger charge is -2.26. The van der Waals surface area contributed by atoms with Gasteiger partial charge in [0.05, 0.1) is 18.8 Å². The van der Waals surface area contributed by atoms with E-state index in [9.17, 15) is 4.79 Å². The Hall–Kier alpha value is -1.26. The number of hydrogen-bond acceptors (Lipinski definition) is 3. The Morgan fingerprint density at radius 3 is 2.56 bits per heavy atom. The molecule has 1 aromatic rings. The minimum absolute atomic E-state index is 0.261. The van der Waals surface area contributed by atoms with Gasteiger partial charge >= 0.3 is 0 Å². The van der Waals surface area contributed by atoms with E-state index >= 15 is 0 Å². The summed E-state index contributed by atoms with van der Waals surface area (Å²) in [6, 6.07) is 4.41. The van der Waals surface area contributed by atoms with Crippen LogP contribution in [0.2, 0.25) is 5.02 Å². The molecule has 1 atom stereocenters. The number of anilines is 1. The lowest BCUT2D eigenvalue weighted by molar-refractivity contribution is -0.119. The summed E-state index contributed by atoms with van der Waals surface area (Å²) in [5, 5.41) is 3.26. The number of amides is 1. The number of ether oxygens (including phenoxy) is 1. The quantitative estimate of drug-likeness (QED) is 0.887. The summed E-state index contributed by atoms with van der Waals surface area (Å²) in [6.45, 7) is 5.73. The molecule has 100 valence electrons. The van der Waals surface area contributed by atoms with Crippen LogP contribution in [0.25, 0.3) is 0 Å². The van der Waals surface area contributed by atoms with Gasteiger partial charge in [-0.1, -0.05) is 32.4 Å². The van der Waals surface area contributed by atoms with E-state index in [1.54, 1.807) is 18.2 Å². The summed E-state index contributed by atoms with van der Waals surface area (Å²) in [5.41, 5.74) is 6.10. The first-order valence-corrected chi connectivity index (χ1v) is 6.03. The Morgan fingerprint density at radius 2 is 2.06 bits per heavy atom. The highest BCUT2D eigenvalue weighted by Crippen LogP contribution is 2.28. The zero-order valence-corrected chi connectivity index (χ0v) is 11.8.